The molecule has 0 fully saturated rings. The maximum absolute atomic E-state index is 11.6. The van der Waals surface area contributed by atoms with Crippen LogP contribution in [0.15, 0.2) is 12.1 Å². The molecule has 82 valence electrons. The van der Waals surface area contributed by atoms with Crippen LogP contribution >= 0.6 is 0 Å². The number of rotatable bonds is 4. The number of ketones is 1. The van der Waals surface area contributed by atoms with Crippen molar-refractivity contribution in [2.24, 2.45) is 0 Å². The summed E-state index contributed by atoms with van der Waals surface area (Å²) in [4.78, 5) is 11.6. The van der Waals surface area contributed by atoms with Crippen LogP contribution in [0.2, 0.25) is 0 Å². The fraction of sp³-hybridized carbons (Fsp3) is 0.417. The van der Waals surface area contributed by atoms with Gasteiger partial charge in [-0.25, -0.2) is 0 Å². The highest BCUT2D eigenvalue weighted by atomic mass is 16.3. The molecule has 3 heteroatoms. The molecule has 15 heavy (non-hydrogen) atoms. The van der Waals surface area contributed by atoms with Crippen LogP contribution in [0.25, 0.3) is 0 Å². The Labute approximate surface area is 89.4 Å². The van der Waals surface area contributed by atoms with Crippen LogP contribution in [0.5, 0.6) is 5.75 Å². The van der Waals surface area contributed by atoms with Crippen LogP contribution in [0.3, 0.4) is 0 Å². The number of phenols is 1. The van der Waals surface area contributed by atoms with Crippen LogP contribution in [-0.2, 0) is 0 Å². The molecule has 2 N–H and O–H groups in total. The zero-order valence-corrected chi connectivity index (χ0v) is 9.08. The first kappa shape index (κ1) is 11.7. The van der Waals surface area contributed by atoms with Gasteiger partial charge in [-0.3, -0.25) is 4.79 Å². The van der Waals surface area contributed by atoms with Gasteiger partial charge in [0, 0.05) is 18.6 Å². The summed E-state index contributed by atoms with van der Waals surface area (Å²) in [6, 6.07) is 3.37. The van der Waals surface area contributed by atoms with E-state index in [1.807, 2.05) is 0 Å². The number of aryl methyl sites for hydroxylation is 2. The number of carbonyl (C=O) groups excluding carboxylic acids is 1. The van der Waals surface area contributed by atoms with Gasteiger partial charge in [-0.15, -0.1) is 0 Å². The van der Waals surface area contributed by atoms with E-state index in [1.54, 1.807) is 26.0 Å². The van der Waals surface area contributed by atoms with Crippen LogP contribution < -0.4 is 0 Å². The third-order valence-corrected chi connectivity index (χ3v) is 2.37. The average molecular weight is 208 g/mol. The summed E-state index contributed by atoms with van der Waals surface area (Å²) >= 11 is 0. The van der Waals surface area contributed by atoms with Gasteiger partial charge in [0.2, 0.25) is 0 Å². The minimum atomic E-state index is 0.00949. The van der Waals surface area contributed by atoms with E-state index in [9.17, 15) is 9.90 Å². The molecule has 1 aromatic rings. The Morgan fingerprint density at radius 1 is 1.27 bits per heavy atom. The van der Waals surface area contributed by atoms with E-state index in [1.165, 1.54) is 0 Å². The maximum Gasteiger partial charge on any atom is 0.162 e. The summed E-state index contributed by atoms with van der Waals surface area (Å²) in [5, 5.41) is 18.2. The second kappa shape index (κ2) is 4.94. The number of phenolic OH excluding ortho intramolecular Hbond substituents is 1. The first-order chi connectivity index (χ1) is 7.06. The normalized spacial score (nSPS) is 10.3. The molecule has 0 saturated heterocycles. The van der Waals surface area contributed by atoms with Crippen molar-refractivity contribution in [3.63, 3.8) is 0 Å². The molecule has 0 amide bonds. The molecule has 0 heterocycles. The molecule has 0 saturated carbocycles. The number of hydrogen-bond acceptors (Lipinski definition) is 3. The van der Waals surface area contributed by atoms with E-state index in [0.29, 0.717) is 29.5 Å². The van der Waals surface area contributed by atoms with Gasteiger partial charge >= 0.3 is 0 Å². The number of benzene rings is 1. The van der Waals surface area contributed by atoms with Gasteiger partial charge < -0.3 is 10.2 Å². The molecule has 0 spiro atoms. The lowest BCUT2D eigenvalue weighted by Crippen LogP contribution is -2.01. The Balaban J connectivity index is 2.91. The SMILES string of the molecule is Cc1cc(C(=O)CCCO)cc(C)c1O. The Morgan fingerprint density at radius 3 is 2.27 bits per heavy atom. The Morgan fingerprint density at radius 2 is 1.80 bits per heavy atom. The second-order valence-corrected chi connectivity index (χ2v) is 3.71. The van der Waals surface area contributed by atoms with Gasteiger partial charge in [-0.2, -0.15) is 0 Å². The van der Waals surface area contributed by atoms with Crippen molar-refractivity contribution in [2.45, 2.75) is 26.7 Å². The molecule has 0 atom stereocenters. The molecule has 3 nitrogen and oxygen atoms in total. The molecule has 0 unspecified atom stereocenters. The van der Waals surface area contributed by atoms with Crippen LogP contribution in [0.1, 0.15) is 34.3 Å². The number of Topliss-reactive ketones (excluding diaryl/α,β-unsaturated/α-hetero) is 1. The van der Waals surface area contributed by atoms with Crippen molar-refractivity contribution >= 4 is 5.78 Å². The van der Waals surface area contributed by atoms with E-state index in [4.69, 9.17) is 5.11 Å². The fourth-order valence-corrected chi connectivity index (χ4v) is 1.50. The molecule has 0 aromatic heterocycles. The van der Waals surface area contributed by atoms with Crippen molar-refractivity contribution in [3.05, 3.63) is 28.8 Å². The molecule has 0 aliphatic carbocycles. The smallest absolute Gasteiger partial charge is 0.162 e. The van der Waals surface area contributed by atoms with Gasteiger partial charge in [-0.05, 0) is 43.5 Å². The molecule has 0 aliphatic heterocycles. The molecule has 0 bridgehead atoms. The second-order valence-electron chi connectivity index (χ2n) is 3.71. The van der Waals surface area contributed by atoms with Crippen LogP contribution in [0.4, 0.5) is 0 Å². The van der Waals surface area contributed by atoms with Gasteiger partial charge in [0.15, 0.2) is 5.78 Å². The molecule has 1 rings (SSSR count). The zero-order valence-electron chi connectivity index (χ0n) is 9.08. The van der Waals surface area contributed by atoms with Crippen LogP contribution in [-0.4, -0.2) is 22.6 Å². The van der Waals surface area contributed by atoms with Gasteiger partial charge in [-0.1, -0.05) is 0 Å². The molecule has 0 radical (unpaired) electrons. The predicted octanol–water partition coefficient (Wildman–Crippen LogP) is 1.96. The van der Waals surface area contributed by atoms with Crippen molar-refractivity contribution in [1.29, 1.82) is 0 Å². The van der Waals surface area contributed by atoms with Gasteiger partial charge in [0.1, 0.15) is 5.75 Å². The highest BCUT2D eigenvalue weighted by molar-refractivity contribution is 5.96. The molecule has 0 aliphatic rings. The fourth-order valence-electron chi connectivity index (χ4n) is 1.50. The lowest BCUT2D eigenvalue weighted by molar-refractivity contribution is 0.0971. The van der Waals surface area contributed by atoms with Crippen molar-refractivity contribution in [2.75, 3.05) is 6.61 Å². The van der Waals surface area contributed by atoms with Crippen molar-refractivity contribution < 1.29 is 15.0 Å². The lowest BCUT2D eigenvalue weighted by atomic mass is 10.0. The first-order valence-electron chi connectivity index (χ1n) is 5.00. The topological polar surface area (TPSA) is 57.5 Å². The minimum absolute atomic E-state index is 0.00949. The Bertz CT molecular complexity index is 346. The number of hydrogen-bond donors (Lipinski definition) is 2. The van der Waals surface area contributed by atoms with Crippen molar-refractivity contribution in [1.82, 2.24) is 0 Å². The summed E-state index contributed by atoms with van der Waals surface area (Å²) in [5.41, 5.74) is 2.03. The standard InChI is InChI=1S/C12H16O3/c1-8-6-10(7-9(2)12(8)15)11(14)4-3-5-13/h6-7,13,15H,3-5H2,1-2H3. The third-order valence-electron chi connectivity index (χ3n) is 2.37. The van der Waals surface area contributed by atoms with E-state index in [2.05, 4.69) is 0 Å². The zero-order chi connectivity index (χ0) is 11.4. The number of aliphatic hydroxyl groups excluding tert-OH is 1. The highest BCUT2D eigenvalue weighted by Crippen LogP contribution is 2.23. The monoisotopic (exact) mass is 208 g/mol. The highest BCUT2D eigenvalue weighted by Gasteiger charge is 2.09. The molecular formula is C12H16O3. The number of aliphatic hydroxyl groups is 1. The maximum atomic E-state index is 11.6. The van der Waals surface area contributed by atoms with E-state index >= 15 is 0 Å². The lowest BCUT2D eigenvalue weighted by Gasteiger charge is -2.06. The molecular weight excluding hydrogens is 192 g/mol. The average Bonchev–Trinajstić information content (AvgIpc) is 2.21. The Kier molecular flexibility index (Phi) is 3.86. The molecule has 1 aromatic carbocycles. The Hall–Kier alpha value is -1.35. The quantitative estimate of drug-likeness (QED) is 0.744. The van der Waals surface area contributed by atoms with Gasteiger partial charge in [0.05, 0.1) is 0 Å². The van der Waals surface area contributed by atoms with Crippen molar-refractivity contribution in [3.8, 4) is 5.75 Å². The summed E-state index contributed by atoms with van der Waals surface area (Å²) in [6.07, 6.45) is 0.831. The third kappa shape index (κ3) is 2.80. The van der Waals surface area contributed by atoms with Gasteiger partial charge in [0.25, 0.3) is 0 Å². The minimum Gasteiger partial charge on any atom is -0.507 e. The summed E-state index contributed by atoms with van der Waals surface area (Å²) in [7, 11) is 0. The summed E-state index contributed by atoms with van der Waals surface area (Å²) in [6.45, 7) is 3.57. The van der Waals surface area contributed by atoms with E-state index in [-0.39, 0.29) is 18.1 Å². The van der Waals surface area contributed by atoms with E-state index < -0.39 is 0 Å². The number of carbonyl (C=O) groups is 1. The van der Waals surface area contributed by atoms with E-state index in [0.717, 1.165) is 0 Å². The largest absolute Gasteiger partial charge is 0.507 e. The predicted molar refractivity (Wildman–Crippen MR) is 58.2 cm³/mol. The summed E-state index contributed by atoms with van der Waals surface area (Å²) < 4.78 is 0. The summed E-state index contributed by atoms with van der Waals surface area (Å²) in [5.74, 6) is 0.254. The number of aromatic hydroxyl groups is 1. The first-order valence-corrected chi connectivity index (χ1v) is 5.00. The van der Waals surface area contributed by atoms with Crippen LogP contribution in [0, 0.1) is 13.8 Å².